The Labute approximate surface area is 143 Å². The van der Waals surface area contributed by atoms with E-state index in [4.69, 9.17) is 9.15 Å². The lowest BCUT2D eigenvalue weighted by molar-refractivity contribution is -0.139. The van der Waals surface area contributed by atoms with E-state index in [1.54, 1.807) is 17.4 Å². The maximum absolute atomic E-state index is 11.7. The summed E-state index contributed by atoms with van der Waals surface area (Å²) in [6.07, 6.45) is 3.12. The molecule has 5 nitrogen and oxygen atoms in total. The van der Waals surface area contributed by atoms with Gasteiger partial charge in [0.2, 0.25) is 5.89 Å². The predicted molar refractivity (Wildman–Crippen MR) is 92.4 cm³/mol. The van der Waals surface area contributed by atoms with Crippen LogP contribution in [0.1, 0.15) is 21.2 Å². The summed E-state index contributed by atoms with van der Waals surface area (Å²) in [4.78, 5) is 13.9. The Morgan fingerprint density at radius 1 is 1.25 bits per heavy atom. The molecule has 3 rings (SSSR count). The van der Waals surface area contributed by atoms with Crippen molar-refractivity contribution in [1.82, 2.24) is 10.2 Å². The molecule has 0 atom stereocenters. The van der Waals surface area contributed by atoms with Crippen molar-refractivity contribution < 1.29 is 13.9 Å². The maximum atomic E-state index is 11.7. The number of rotatable bonds is 5. The van der Waals surface area contributed by atoms with Crippen LogP contribution in [0.2, 0.25) is 0 Å². The molecule has 2 aromatic heterocycles. The minimum absolute atomic E-state index is 0.0501. The highest BCUT2D eigenvalue weighted by Gasteiger charge is 2.10. The Balaban J connectivity index is 1.57. The second-order valence-corrected chi connectivity index (χ2v) is 6.58. The van der Waals surface area contributed by atoms with E-state index in [2.05, 4.69) is 10.2 Å². The van der Waals surface area contributed by atoms with Gasteiger partial charge in [-0.2, -0.15) is 0 Å². The minimum Gasteiger partial charge on any atom is -0.452 e. The Bertz CT molecular complexity index is 880. The van der Waals surface area contributed by atoms with Crippen LogP contribution in [0.3, 0.4) is 0 Å². The molecule has 0 aliphatic heterocycles. The van der Waals surface area contributed by atoms with Crippen molar-refractivity contribution in [1.29, 1.82) is 0 Å². The molecule has 0 aliphatic carbocycles. The highest BCUT2D eigenvalue weighted by atomic mass is 32.1. The number of carbonyl (C=O) groups excluding carboxylic acids is 1. The number of thiophene rings is 1. The Kier molecular flexibility index (Phi) is 4.86. The molecule has 0 saturated carbocycles. The number of aromatic nitrogens is 2. The third kappa shape index (κ3) is 4.17. The zero-order chi connectivity index (χ0) is 16.9. The second-order valence-electron chi connectivity index (χ2n) is 5.26. The van der Waals surface area contributed by atoms with E-state index < -0.39 is 5.97 Å². The standard InChI is InChI=1S/C18H16N2O3S/c1-12-4-3-5-14(10-12)18-20-19-16(23-18)11-22-17(21)9-8-15-7-6-13(2)24-15/h3-10H,11H2,1-2H3/b9-8+. The van der Waals surface area contributed by atoms with Gasteiger partial charge in [0.25, 0.3) is 5.89 Å². The summed E-state index contributed by atoms with van der Waals surface area (Å²) in [5.41, 5.74) is 1.95. The molecule has 0 aliphatic rings. The van der Waals surface area contributed by atoms with E-state index >= 15 is 0 Å². The molecule has 0 bridgehead atoms. The Morgan fingerprint density at radius 2 is 2.12 bits per heavy atom. The topological polar surface area (TPSA) is 65.2 Å². The molecule has 122 valence electrons. The molecule has 3 aromatic rings. The number of nitrogens with zero attached hydrogens (tertiary/aromatic N) is 2. The molecular weight excluding hydrogens is 324 g/mol. The van der Waals surface area contributed by atoms with Crippen molar-refractivity contribution in [3.8, 4) is 11.5 Å². The van der Waals surface area contributed by atoms with Gasteiger partial charge in [-0.1, -0.05) is 17.7 Å². The van der Waals surface area contributed by atoms with Crippen LogP contribution < -0.4 is 0 Å². The lowest BCUT2D eigenvalue weighted by Gasteiger charge is -1.97. The van der Waals surface area contributed by atoms with E-state index in [-0.39, 0.29) is 12.5 Å². The van der Waals surface area contributed by atoms with Crippen molar-refractivity contribution in [3.05, 3.63) is 63.7 Å². The first kappa shape index (κ1) is 16.1. The summed E-state index contributed by atoms with van der Waals surface area (Å²) >= 11 is 1.61. The molecule has 0 spiro atoms. The van der Waals surface area contributed by atoms with Gasteiger partial charge in [0.15, 0.2) is 6.61 Å². The van der Waals surface area contributed by atoms with Crippen LogP contribution in [0.5, 0.6) is 0 Å². The fraction of sp³-hybridized carbons (Fsp3) is 0.167. The molecule has 24 heavy (non-hydrogen) atoms. The van der Waals surface area contributed by atoms with Gasteiger partial charge in [0.05, 0.1) is 0 Å². The van der Waals surface area contributed by atoms with E-state index in [1.807, 2.05) is 50.2 Å². The third-order valence-electron chi connectivity index (χ3n) is 3.21. The first-order valence-corrected chi connectivity index (χ1v) is 8.22. The number of esters is 1. The number of hydrogen-bond donors (Lipinski definition) is 0. The van der Waals surface area contributed by atoms with Crippen LogP contribution in [0, 0.1) is 13.8 Å². The normalized spacial score (nSPS) is 11.1. The van der Waals surface area contributed by atoms with Gasteiger partial charge in [0.1, 0.15) is 0 Å². The fourth-order valence-electron chi connectivity index (χ4n) is 2.08. The van der Waals surface area contributed by atoms with E-state index in [1.165, 1.54) is 11.0 Å². The average molecular weight is 340 g/mol. The highest BCUT2D eigenvalue weighted by Crippen LogP contribution is 2.19. The van der Waals surface area contributed by atoms with Gasteiger partial charge < -0.3 is 9.15 Å². The van der Waals surface area contributed by atoms with Crippen molar-refractivity contribution in [2.24, 2.45) is 0 Å². The first-order valence-electron chi connectivity index (χ1n) is 7.41. The van der Waals surface area contributed by atoms with E-state index in [0.29, 0.717) is 5.89 Å². The first-order chi connectivity index (χ1) is 11.6. The number of ether oxygens (including phenoxy) is 1. The molecule has 0 unspecified atom stereocenters. The van der Waals surface area contributed by atoms with Crippen LogP contribution in [0.4, 0.5) is 0 Å². The van der Waals surface area contributed by atoms with Gasteiger partial charge in [-0.05, 0) is 44.2 Å². The Hall–Kier alpha value is -2.73. The van der Waals surface area contributed by atoms with Crippen LogP contribution in [-0.2, 0) is 16.1 Å². The minimum atomic E-state index is -0.448. The highest BCUT2D eigenvalue weighted by molar-refractivity contribution is 7.12. The van der Waals surface area contributed by atoms with Gasteiger partial charge in [-0.25, -0.2) is 4.79 Å². The van der Waals surface area contributed by atoms with Crippen molar-refractivity contribution in [2.45, 2.75) is 20.5 Å². The van der Waals surface area contributed by atoms with Crippen LogP contribution in [-0.4, -0.2) is 16.2 Å². The smallest absolute Gasteiger partial charge is 0.331 e. The SMILES string of the molecule is Cc1cccc(-c2nnc(COC(=O)/C=C/c3ccc(C)s3)o2)c1. The zero-order valence-corrected chi connectivity index (χ0v) is 14.2. The monoisotopic (exact) mass is 340 g/mol. The summed E-state index contributed by atoms with van der Waals surface area (Å²) in [5.74, 6) is 0.228. The van der Waals surface area contributed by atoms with Crippen LogP contribution in [0.25, 0.3) is 17.5 Å². The zero-order valence-electron chi connectivity index (χ0n) is 13.4. The molecule has 0 saturated heterocycles. The fourth-order valence-corrected chi connectivity index (χ4v) is 2.86. The van der Waals surface area contributed by atoms with Crippen LogP contribution in [0.15, 0.2) is 46.9 Å². The maximum Gasteiger partial charge on any atom is 0.331 e. The van der Waals surface area contributed by atoms with Crippen molar-refractivity contribution in [3.63, 3.8) is 0 Å². The number of hydrogen-bond acceptors (Lipinski definition) is 6. The van der Waals surface area contributed by atoms with Crippen molar-refractivity contribution in [2.75, 3.05) is 0 Å². The molecule has 1 aromatic carbocycles. The van der Waals surface area contributed by atoms with Gasteiger partial charge >= 0.3 is 5.97 Å². The number of benzene rings is 1. The lowest BCUT2D eigenvalue weighted by Crippen LogP contribution is -2.00. The lowest BCUT2D eigenvalue weighted by atomic mass is 10.1. The molecule has 0 amide bonds. The van der Waals surface area contributed by atoms with Gasteiger partial charge in [-0.15, -0.1) is 21.5 Å². The number of aryl methyl sites for hydroxylation is 2. The molecular formula is C18H16N2O3S. The third-order valence-corrected chi connectivity index (χ3v) is 4.18. The summed E-state index contributed by atoms with van der Waals surface area (Å²) in [6, 6.07) is 11.7. The summed E-state index contributed by atoms with van der Waals surface area (Å²) in [5, 5.41) is 7.88. The molecule has 0 fully saturated rings. The van der Waals surface area contributed by atoms with Crippen LogP contribution >= 0.6 is 11.3 Å². The molecule has 0 radical (unpaired) electrons. The second kappa shape index (κ2) is 7.23. The average Bonchev–Trinajstić information content (AvgIpc) is 3.20. The molecule has 2 heterocycles. The quantitative estimate of drug-likeness (QED) is 0.515. The largest absolute Gasteiger partial charge is 0.452 e. The summed E-state index contributed by atoms with van der Waals surface area (Å²) < 4.78 is 10.6. The molecule has 0 N–H and O–H groups in total. The van der Waals surface area contributed by atoms with Gasteiger partial charge in [-0.3, -0.25) is 0 Å². The van der Waals surface area contributed by atoms with Gasteiger partial charge in [0, 0.05) is 21.4 Å². The predicted octanol–water partition coefficient (Wildman–Crippen LogP) is 4.17. The van der Waals surface area contributed by atoms with E-state index in [0.717, 1.165) is 16.0 Å². The summed E-state index contributed by atoms with van der Waals surface area (Å²) in [7, 11) is 0. The van der Waals surface area contributed by atoms with Crippen molar-refractivity contribution >= 4 is 23.4 Å². The van der Waals surface area contributed by atoms with E-state index in [9.17, 15) is 4.79 Å². The Morgan fingerprint density at radius 3 is 2.88 bits per heavy atom. The summed E-state index contributed by atoms with van der Waals surface area (Å²) in [6.45, 7) is 3.96. The number of carbonyl (C=O) groups is 1. The molecule has 6 heteroatoms.